The molecule has 98 valence electrons. The molecule has 5 nitrogen and oxygen atoms in total. The highest BCUT2D eigenvalue weighted by molar-refractivity contribution is 14.1. The number of carbonyl (C=O) groups excluding carboxylic acids is 1. The van der Waals surface area contributed by atoms with Crippen LogP contribution in [0.2, 0.25) is 0 Å². The maximum Gasteiger partial charge on any atom is 0.337 e. The molecular weight excluding hydrogens is 351 g/mol. The van der Waals surface area contributed by atoms with Gasteiger partial charge in [0.05, 0.1) is 7.11 Å². The fraction of sp³-hybridized carbons (Fsp3) is 0.333. The van der Waals surface area contributed by atoms with E-state index in [4.69, 9.17) is 5.11 Å². The van der Waals surface area contributed by atoms with Crippen LogP contribution in [0.4, 0.5) is 0 Å². The average molecular weight is 364 g/mol. The zero-order valence-electron chi connectivity index (χ0n) is 9.72. The quantitative estimate of drug-likeness (QED) is 0.612. The highest BCUT2D eigenvalue weighted by atomic mass is 127. The van der Waals surface area contributed by atoms with Gasteiger partial charge < -0.3 is 14.9 Å². The van der Waals surface area contributed by atoms with Crippen molar-refractivity contribution in [1.29, 1.82) is 0 Å². The Morgan fingerprint density at radius 1 is 1.44 bits per heavy atom. The fourth-order valence-corrected chi connectivity index (χ4v) is 2.40. The molecule has 0 aliphatic rings. The zero-order valence-corrected chi connectivity index (χ0v) is 11.9. The molecule has 0 fully saturated rings. The van der Waals surface area contributed by atoms with Crippen LogP contribution in [0.15, 0.2) is 18.2 Å². The first-order chi connectivity index (χ1) is 8.47. The number of benzene rings is 1. The second kappa shape index (κ2) is 6.69. The third-order valence-corrected chi connectivity index (χ3v) is 3.78. The second-order valence-corrected chi connectivity index (χ2v) is 4.72. The Labute approximate surface area is 118 Å². The van der Waals surface area contributed by atoms with Gasteiger partial charge in [-0.1, -0.05) is 18.2 Å². The van der Waals surface area contributed by atoms with Crippen molar-refractivity contribution < 1.29 is 24.5 Å². The molecule has 0 aliphatic carbocycles. The lowest BCUT2D eigenvalue weighted by molar-refractivity contribution is -0.147. The van der Waals surface area contributed by atoms with E-state index in [9.17, 15) is 14.7 Å². The van der Waals surface area contributed by atoms with Gasteiger partial charge >= 0.3 is 11.9 Å². The van der Waals surface area contributed by atoms with Crippen molar-refractivity contribution in [2.45, 2.75) is 18.9 Å². The molecule has 0 aliphatic heterocycles. The van der Waals surface area contributed by atoms with Crippen molar-refractivity contribution in [1.82, 2.24) is 0 Å². The number of aliphatic hydroxyl groups is 1. The topological polar surface area (TPSA) is 83.8 Å². The van der Waals surface area contributed by atoms with Gasteiger partial charge in [-0.05, 0) is 34.6 Å². The monoisotopic (exact) mass is 364 g/mol. The summed E-state index contributed by atoms with van der Waals surface area (Å²) in [4.78, 5) is 21.8. The minimum absolute atomic E-state index is 0.221. The van der Waals surface area contributed by atoms with Crippen molar-refractivity contribution in [3.05, 3.63) is 32.9 Å². The van der Waals surface area contributed by atoms with E-state index in [0.29, 0.717) is 15.6 Å². The number of methoxy groups -OCH3 is 1. The van der Waals surface area contributed by atoms with Crippen molar-refractivity contribution >= 4 is 34.5 Å². The van der Waals surface area contributed by atoms with E-state index in [2.05, 4.69) is 4.74 Å². The maximum atomic E-state index is 11.1. The van der Waals surface area contributed by atoms with Gasteiger partial charge in [-0.25, -0.2) is 4.79 Å². The molecule has 1 aromatic rings. The lowest BCUT2D eigenvalue weighted by Gasteiger charge is -2.12. The molecule has 18 heavy (non-hydrogen) atoms. The summed E-state index contributed by atoms with van der Waals surface area (Å²) in [6.45, 7) is 0. The lowest BCUT2D eigenvalue weighted by atomic mass is 10.0. The first-order valence-corrected chi connectivity index (χ1v) is 6.30. The highest BCUT2D eigenvalue weighted by Crippen LogP contribution is 2.24. The van der Waals surface area contributed by atoms with E-state index in [0.717, 1.165) is 5.56 Å². The molecule has 0 spiro atoms. The predicted octanol–water partition coefficient (Wildman–Crippen LogP) is 1.51. The molecule has 0 amide bonds. The summed E-state index contributed by atoms with van der Waals surface area (Å²) < 4.78 is 5.20. The van der Waals surface area contributed by atoms with Crippen LogP contribution >= 0.6 is 22.6 Å². The van der Waals surface area contributed by atoms with Gasteiger partial charge in [0.25, 0.3) is 0 Å². The highest BCUT2D eigenvalue weighted by Gasteiger charge is 2.20. The Bertz CT molecular complexity index is 458. The zero-order chi connectivity index (χ0) is 13.7. The number of carboxylic acids is 1. The largest absolute Gasteiger partial charge is 0.479 e. The van der Waals surface area contributed by atoms with Gasteiger partial charge in [-0.15, -0.1) is 0 Å². The standard InChI is InChI=1S/C12H13IO5/c1-18-9(14)6-5-7-3-2-4-8(10(7)13)11(15)12(16)17/h2-4,11,15H,5-6H2,1H3,(H,16,17). The number of aryl methyl sites for hydroxylation is 1. The number of carbonyl (C=O) groups is 2. The van der Waals surface area contributed by atoms with E-state index >= 15 is 0 Å². The van der Waals surface area contributed by atoms with Crippen molar-refractivity contribution in [2.75, 3.05) is 7.11 Å². The smallest absolute Gasteiger partial charge is 0.337 e. The van der Waals surface area contributed by atoms with Crippen molar-refractivity contribution in [3.8, 4) is 0 Å². The molecule has 6 heteroatoms. The van der Waals surface area contributed by atoms with Crippen LogP contribution in [0.1, 0.15) is 23.7 Å². The Morgan fingerprint density at radius 3 is 2.67 bits per heavy atom. The molecule has 0 heterocycles. The maximum absolute atomic E-state index is 11.1. The normalized spacial score (nSPS) is 11.9. The molecular formula is C12H13IO5. The van der Waals surface area contributed by atoms with Crippen LogP contribution in [-0.2, 0) is 20.7 Å². The fourth-order valence-electron chi connectivity index (χ4n) is 1.48. The number of hydrogen-bond donors (Lipinski definition) is 2. The first kappa shape index (κ1) is 14.9. The van der Waals surface area contributed by atoms with E-state index < -0.39 is 12.1 Å². The predicted molar refractivity (Wildman–Crippen MR) is 72.1 cm³/mol. The third kappa shape index (κ3) is 3.67. The summed E-state index contributed by atoms with van der Waals surface area (Å²) >= 11 is 1.97. The van der Waals surface area contributed by atoms with E-state index in [1.54, 1.807) is 18.2 Å². The molecule has 1 rings (SSSR count). The van der Waals surface area contributed by atoms with Crippen LogP contribution in [0.3, 0.4) is 0 Å². The van der Waals surface area contributed by atoms with Gasteiger partial charge in [0.2, 0.25) is 0 Å². The number of halogens is 1. The van der Waals surface area contributed by atoms with Gasteiger partial charge in [0.1, 0.15) is 0 Å². The molecule has 0 bridgehead atoms. The number of rotatable bonds is 5. The molecule has 1 aromatic carbocycles. The summed E-state index contributed by atoms with van der Waals surface area (Å²) in [7, 11) is 1.32. The molecule has 1 unspecified atom stereocenters. The van der Waals surface area contributed by atoms with Crippen molar-refractivity contribution in [2.24, 2.45) is 0 Å². The third-order valence-electron chi connectivity index (χ3n) is 2.46. The number of ether oxygens (including phenoxy) is 1. The second-order valence-electron chi connectivity index (χ2n) is 3.64. The SMILES string of the molecule is COC(=O)CCc1cccc(C(O)C(=O)O)c1I. The minimum Gasteiger partial charge on any atom is -0.479 e. The van der Waals surface area contributed by atoms with Gasteiger partial charge in [-0.3, -0.25) is 4.79 Å². The number of aliphatic carboxylic acids is 1. The van der Waals surface area contributed by atoms with Crippen LogP contribution in [-0.4, -0.2) is 29.3 Å². The van der Waals surface area contributed by atoms with E-state index in [-0.39, 0.29) is 12.4 Å². The summed E-state index contributed by atoms with van der Waals surface area (Å²) in [6, 6.07) is 5.02. The van der Waals surface area contributed by atoms with E-state index in [1.165, 1.54) is 7.11 Å². The number of aliphatic hydroxyl groups excluding tert-OH is 1. The summed E-state index contributed by atoms with van der Waals surface area (Å²) in [5, 5.41) is 18.3. The van der Waals surface area contributed by atoms with Crippen LogP contribution < -0.4 is 0 Å². The number of carboxylic acid groups (broad SMARTS) is 1. The Hall–Kier alpha value is -1.15. The average Bonchev–Trinajstić information content (AvgIpc) is 2.36. The lowest BCUT2D eigenvalue weighted by Crippen LogP contribution is -2.13. The molecule has 0 aromatic heterocycles. The molecule has 0 saturated heterocycles. The van der Waals surface area contributed by atoms with Crippen LogP contribution in [0.5, 0.6) is 0 Å². The van der Waals surface area contributed by atoms with Gasteiger partial charge in [0, 0.05) is 15.6 Å². The minimum atomic E-state index is -1.55. The summed E-state index contributed by atoms with van der Waals surface area (Å²) in [6.07, 6.45) is -0.875. The van der Waals surface area contributed by atoms with Gasteiger partial charge in [0.15, 0.2) is 6.10 Å². The molecule has 0 saturated carbocycles. The number of esters is 1. The Kier molecular flexibility index (Phi) is 5.54. The Balaban J connectivity index is 2.91. The van der Waals surface area contributed by atoms with Gasteiger partial charge in [-0.2, -0.15) is 0 Å². The Morgan fingerprint density at radius 2 is 2.11 bits per heavy atom. The summed E-state index contributed by atoms with van der Waals surface area (Å²) in [5.41, 5.74) is 1.16. The van der Waals surface area contributed by atoms with E-state index in [1.807, 2.05) is 22.6 Å². The molecule has 2 N–H and O–H groups in total. The van der Waals surface area contributed by atoms with Crippen molar-refractivity contribution in [3.63, 3.8) is 0 Å². The van der Waals surface area contributed by atoms with Crippen LogP contribution in [0, 0.1) is 3.57 Å². The molecule has 0 radical (unpaired) electrons. The summed E-state index contributed by atoms with van der Waals surface area (Å²) in [5.74, 6) is -1.62. The number of hydrogen-bond acceptors (Lipinski definition) is 4. The first-order valence-electron chi connectivity index (χ1n) is 5.22. The molecule has 1 atom stereocenters. The van der Waals surface area contributed by atoms with Crippen LogP contribution in [0.25, 0.3) is 0 Å².